The predicted octanol–water partition coefficient (Wildman–Crippen LogP) is 4.55. The van der Waals surface area contributed by atoms with Gasteiger partial charge in [-0.3, -0.25) is 14.9 Å². The number of nitrogens with zero attached hydrogens (tertiary/aromatic N) is 3. The van der Waals surface area contributed by atoms with Gasteiger partial charge in [-0.15, -0.1) is 11.8 Å². The lowest BCUT2D eigenvalue weighted by Crippen LogP contribution is -2.09. The molecule has 0 fully saturated rings. The molecule has 2 aromatic carbocycles. The second-order valence-corrected chi connectivity index (χ2v) is 7.32. The van der Waals surface area contributed by atoms with E-state index in [4.69, 9.17) is 0 Å². The van der Waals surface area contributed by atoms with E-state index in [-0.39, 0.29) is 33.9 Å². The number of rotatable bonds is 6. The van der Waals surface area contributed by atoms with Gasteiger partial charge in [-0.2, -0.15) is 0 Å². The van der Waals surface area contributed by atoms with Crippen LogP contribution in [0.4, 0.5) is 10.1 Å². The Morgan fingerprint density at radius 1 is 1.26 bits per heavy atom. The van der Waals surface area contributed by atoms with Crippen LogP contribution in [0.15, 0.2) is 59.8 Å². The van der Waals surface area contributed by atoms with Gasteiger partial charge in [0.1, 0.15) is 5.82 Å². The summed E-state index contributed by atoms with van der Waals surface area (Å²) in [7, 11) is 1.68. The van der Waals surface area contributed by atoms with E-state index < -0.39 is 4.92 Å². The van der Waals surface area contributed by atoms with Crippen molar-refractivity contribution in [2.24, 2.45) is 7.05 Å². The van der Waals surface area contributed by atoms with Crippen molar-refractivity contribution in [3.05, 3.63) is 87.7 Å². The number of aryl methyl sites for hydroxylation is 1. The highest BCUT2D eigenvalue weighted by Gasteiger charge is 2.22. The van der Waals surface area contributed by atoms with E-state index in [1.165, 1.54) is 36.2 Å². The minimum Gasteiger partial charge on any atom is -0.331 e. The smallest absolute Gasteiger partial charge is 0.283 e. The first-order valence-electron chi connectivity index (χ1n) is 8.09. The van der Waals surface area contributed by atoms with Gasteiger partial charge in [0.25, 0.3) is 5.69 Å². The highest BCUT2D eigenvalue weighted by molar-refractivity contribution is 7.99. The van der Waals surface area contributed by atoms with Crippen molar-refractivity contribution >= 4 is 23.2 Å². The third-order valence-corrected chi connectivity index (χ3v) is 5.31. The molecule has 0 radical (unpaired) electrons. The summed E-state index contributed by atoms with van der Waals surface area (Å²) in [6, 6.07) is 10.4. The summed E-state index contributed by atoms with van der Waals surface area (Å²) < 4.78 is 14.6. The molecule has 0 aliphatic carbocycles. The second kappa shape index (κ2) is 7.71. The minimum absolute atomic E-state index is 0.125. The number of imidazole rings is 1. The Bertz CT molecular complexity index is 1000. The van der Waals surface area contributed by atoms with Crippen LogP contribution in [0.3, 0.4) is 0 Å². The van der Waals surface area contributed by atoms with Crippen LogP contribution in [0.25, 0.3) is 0 Å². The molecule has 0 aliphatic rings. The lowest BCUT2D eigenvalue weighted by Gasteiger charge is -2.12. The van der Waals surface area contributed by atoms with Gasteiger partial charge in [0.2, 0.25) is 5.78 Å². The summed E-state index contributed by atoms with van der Waals surface area (Å²) in [5, 5.41) is 11.4. The number of hydrogen-bond donors (Lipinski definition) is 0. The van der Waals surface area contributed by atoms with Crippen LogP contribution in [-0.2, 0) is 7.05 Å². The standard InChI is InChI=1S/C19H16FN3O3S/c1-12(13-3-6-15(20)7-4-13)27-17-8-5-14(11-16(17)23(25)26)18(24)19-21-9-10-22(19)2/h3-12H,1-2H3. The van der Waals surface area contributed by atoms with Crippen molar-refractivity contribution < 1.29 is 14.1 Å². The van der Waals surface area contributed by atoms with Crippen LogP contribution in [0, 0.1) is 15.9 Å². The fraction of sp³-hybridized carbons (Fsp3) is 0.158. The van der Waals surface area contributed by atoms with Crippen LogP contribution in [0.5, 0.6) is 0 Å². The number of benzene rings is 2. The maximum absolute atomic E-state index is 13.1. The maximum atomic E-state index is 13.1. The summed E-state index contributed by atoms with van der Waals surface area (Å²) >= 11 is 1.28. The van der Waals surface area contributed by atoms with E-state index in [0.717, 1.165) is 5.56 Å². The Hall–Kier alpha value is -3.00. The van der Waals surface area contributed by atoms with Gasteiger partial charge >= 0.3 is 0 Å². The van der Waals surface area contributed by atoms with E-state index in [1.54, 1.807) is 42.1 Å². The van der Waals surface area contributed by atoms with Crippen molar-refractivity contribution in [2.75, 3.05) is 0 Å². The zero-order chi connectivity index (χ0) is 19.6. The van der Waals surface area contributed by atoms with Crippen molar-refractivity contribution in [2.45, 2.75) is 17.1 Å². The third-order valence-electron chi connectivity index (χ3n) is 4.09. The fourth-order valence-corrected chi connectivity index (χ4v) is 3.68. The van der Waals surface area contributed by atoms with Crippen LogP contribution >= 0.6 is 11.8 Å². The number of halogens is 1. The van der Waals surface area contributed by atoms with Gasteiger partial charge in [-0.25, -0.2) is 9.37 Å². The molecule has 1 heterocycles. The Morgan fingerprint density at radius 2 is 1.96 bits per heavy atom. The molecule has 0 amide bonds. The maximum Gasteiger partial charge on any atom is 0.283 e. The Morgan fingerprint density at radius 3 is 2.56 bits per heavy atom. The van der Waals surface area contributed by atoms with E-state index >= 15 is 0 Å². The Balaban J connectivity index is 1.90. The quantitative estimate of drug-likeness (QED) is 0.269. The van der Waals surface area contributed by atoms with E-state index in [1.807, 2.05) is 6.92 Å². The number of nitro benzene ring substituents is 1. The molecule has 8 heteroatoms. The van der Waals surface area contributed by atoms with Crippen LogP contribution < -0.4 is 0 Å². The highest BCUT2D eigenvalue weighted by Crippen LogP contribution is 2.40. The molecule has 1 unspecified atom stereocenters. The van der Waals surface area contributed by atoms with Gasteiger partial charge in [0.05, 0.1) is 9.82 Å². The van der Waals surface area contributed by atoms with Gasteiger partial charge in [0, 0.05) is 36.3 Å². The first kappa shape index (κ1) is 18.8. The molecular formula is C19H16FN3O3S. The molecular weight excluding hydrogens is 369 g/mol. The normalized spacial score (nSPS) is 12.0. The topological polar surface area (TPSA) is 78.0 Å². The summed E-state index contributed by atoms with van der Waals surface area (Å²) in [5.74, 6) is -0.503. The number of carbonyl (C=O) groups excluding carboxylic acids is 1. The first-order valence-corrected chi connectivity index (χ1v) is 8.97. The average molecular weight is 385 g/mol. The molecule has 0 saturated heterocycles. The average Bonchev–Trinajstić information content (AvgIpc) is 3.07. The molecule has 3 rings (SSSR count). The monoisotopic (exact) mass is 385 g/mol. The van der Waals surface area contributed by atoms with Gasteiger partial charge < -0.3 is 4.57 Å². The number of hydrogen-bond acceptors (Lipinski definition) is 5. The third kappa shape index (κ3) is 4.06. The zero-order valence-corrected chi connectivity index (χ0v) is 15.4. The molecule has 0 spiro atoms. The van der Waals surface area contributed by atoms with Gasteiger partial charge in [-0.05, 0) is 36.8 Å². The SMILES string of the molecule is CC(Sc1ccc(C(=O)c2nccn2C)cc1[N+](=O)[O-])c1ccc(F)cc1. The van der Waals surface area contributed by atoms with Crippen LogP contribution in [0.1, 0.15) is 33.9 Å². The molecule has 0 saturated carbocycles. The molecule has 3 aromatic rings. The summed E-state index contributed by atoms with van der Waals surface area (Å²) in [6.45, 7) is 1.88. The van der Waals surface area contributed by atoms with Crippen molar-refractivity contribution in [3.63, 3.8) is 0 Å². The van der Waals surface area contributed by atoms with E-state index in [9.17, 15) is 19.3 Å². The van der Waals surface area contributed by atoms with Crippen LogP contribution in [0.2, 0.25) is 0 Å². The molecule has 1 atom stereocenters. The van der Waals surface area contributed by atoms with Crippen molar-refractivity contribution in [3.8, 4) is 0 Å². The second-order valence-electron chi connectivity index (χ2n) is 5.94. The summed E-state index contributed by atoms with van der Waals surface area (Å²) in [6.07, 6.45) is 3.13. The molecule has 6 nitrogen and oxygen atoms in total. The van der Waals surface area contributed by atoms with Gasteiger partial charge in [-0.1, -0.05) is 12.1 Å². The highest BCUT2D eigenvalue weighted by atomic mass is 32.2. The van der Waals surface area contributed by atoms with Gasteiger partial charge in [0.15, 0.2) is 5.82 Å². The van der Waals surface area contributed by atoms with Crippen molar-refractivity contribution in [1.29, 1.82) is 0 Å². The molecule has 138 valence electrons. The zero-order valence-electron chi connectivity index (χ0n) is 14.6. The lowest BCUT2D eigenvalue weighted by atomic mass is 10.1. The van der Waals surface area contributed by atoms with E-state index in [0.29, 0.717) is 4.90 Å². The number of aromatic nitrogens is 2. The summed E-state index contributed by atoms with van der Waals surface area (Å²) in [5.41, 5.74) is 0.910. The van der Waals surface area contributed by atoms with Crippen molar-refractivity contribution in [1.82, 2.24) is 9.55 Å². The number of carbonyl (C=O) groups is 1. The molecule has 1 aromatic heterocycles. The predicted molar refractivity (Wildman–Crippen MR) is 100 cm³/mol. The number of thioether (sulfide) groups is 1. The largest absolute Gasteiger partial charge is 0.331 e. The first-order chi connectivity index (χ1) is 12.9. The molecule has 27 heavy (non-hydrogen) atoms. The number of nitro groups is 1. The molecule has 0 aliphatic heterocycles. The Labute approximate surface area is 159 Å². The van der Waals surface area contributed by atoms with Crippen LogP contribution in [-0.4, -0.2) is 20.3 Å². The fourth-order valence-electron chi connectivity index (χ4n) is 2.61. The minimum atomic E-state index is -0.505. The van der Waals surface area contributed by atoms with E-state index in [2.05, 4.69) is 4.98 Å². The molecule has 0 bridgehead atoms. The number of ketones is 1. The summed E-state index contributed by atoms with van der Waals surface area (Å²) in [4.78, 5) is 28.0. The molecule has 0 N–H and O–H groups in total. The Kier molecular flexibility index (Phi) is 5.36. The lowest BCUT2D eigenvalue weighted by molar-refractivity contribution is -0.387.